The summed E-state index contributed by atoms with van der Waals surface area (Å²) >= 11 is 0. The maximum atomic E-state index is 12.8. The highest BCUT2D eigenvalue weighted by Crippen LogP contribution is 2.30. The van der Waals surface area contributed by atoms with Crippen LogP contribution in [0, 0.1) is 6.92 Å². The van der Waals surface area contributed by atoms with Crippen molar-refractivity contribution >= 4 is 26.6 Å². The van der Waals surface area contributed by atoms with Gasteiger partial charge in [0.2, 0.25) is 10.0 Å². The minimum Gasteiger partial charge on any atom is -0.346 e. The Morgan fingerprint density at radius 2 is 2.08 bits per heavy atom. The summed E-state index contributed by atoms with van der Waals surface area (Å²) in [4.78, 5) is 7.85. The summed E-state index contributed by atoms with van der Waals surface area (Å²) in [6, 6.07) is 11.0. The number of rotatable bonds is 3. The van der Waals surface area contributed by atoms with Gasteiger partial charge in [-0.15, -0.1) is 0 Å². The quantitative estimate of drug-likeness (QED) is 0.785. The summed E-state index contributed by atoms with van der Waals surface area (Å²) in [6.07, 6.45) is 6.40. The first-order valence-corrected chi connectivity index (χ1v) is 9.68. The second-order valence-electron chi connectivity index (χ2n) is 6.26. The van der Waals surface area contributed by atoms with Gasteiger partial charge in [-0.1, -0.05) is 18.2 Å². The van der Waals surface area contributed by atoms with Gasteiger partial charge in [-0.3, -0.25) is 0 Å². The van der Waals surface area contributed by atoms with Crippen molar-refractivity contribution in [3.63, 3.8) is 0 Å². The van der Waals surface area contributed by atoms with Gasteiger partial charge in [-0.25, -0.2) is 13.4 Å². The van der Waals surface area contributed by atoms with Crippen molar-refractivity contribution in [2.75, 3.05) is 13.1 Å². The van der Waals surface area contributed by atoms with E-state index in [-0.39, 0.29) is 0 Å². The molecular formula is C19H19N3O2S. The van der Waals surface area contributed by atoms with E-state index in [1.54, 1.807) is 28.7 Å². The third-order valence-electron chi connectivity index (χ3n) is 4.60. The van der Waals surface area contributed by atoms with Gasteiger partial charge >= 0.3 is 0 Å². The summed E-state index contributed by atoms with van der Waals surface area (Å²) in [7, 11) is -3.45. The van der Waals surface area contributed by atoms with Crippen LogP contribution in [0.1, 0.15) is 17.5 Å². The van der Waals surface area contributed by atoms with Crippen molar-refractivity contribution < 1.29 is 8.42 Å². The molecule has 1 aromatic carbocycles. The molecule has 6 heteroatoms. The van der Waals surface area contributed by atoms with Crippen LogP contribution in [0.2, 0.25) is 0 Å². The van der Waals surface area contributed by atoms with Gasteiger partial charge in [0.15, 0.2) is 0 Å². The smallest absolute Gasteiger partial charge is 0.243 e. The van der Waals surface area contributed by atoms with Gasteiger partial charge < -0.3 is 4.98 Å². The van der Waals surface area contributed by atoms with Crippen LogP contribution >= 0.6 is 0 Å². The lowest BCUT2D eigenvalue weighted by Gasteiger charge is -2.26. The molecule has 0 radical (unpaired) electrons. The lowest BCUT2D eigenvalue weighted by atomic mass is 10.0. The molecule has 0 aliphatic carbocycles. The zero-order valence-corrected chi connectivity index (χ0v) is 14.8. The van der Waals surface area contributed by atoms with Crippen LogP contribution in [-0.4, -0.2) is 35.8 Å². The van der Waals surface area contributed by atoms with Gasteiger partial charge in [-0.05, 0) is 48.7 Å². The Hall–Kier alpha value is -2.44. The van der Waals surface area contributed by atoms with Crippen LogP contribution in [0.5, 0.6) is 0 Å². The van der Waals surface area contributed by atoms with E-state index >= 15 is 0 Å². The van der Waals surface area contributed by atoms with Crippen LogP contribution in [-0.2, 0) is 10.0 Å². The molecule has 2 aromatic heterocycles. The molecular weight excluding hydrogens is 334 g/mol. The fraction of sp³-hybridized carbons (Fsp3) is 0.211. The number of aromatic nitrogens is 2. The number of aryl methyl sites for hydroxylation is 1. The molecule has 3 aromatic rings. The van der Waals surface area contributed by atoms with Gasteiger partial charge in [-0.2, -0.15) is 4.31 Å². The number of H-pyrrole nitrogens is 1. The predicted molar refractivity (Wildman–Crippen MR) is 98.6 cm³/mol. The number of sulfonamides is 1. The van der Waals surface area contributed by atoms with E-state index < -0.39 is 10.0 Å². The van der Waals surface area contributed by atoms with Crippen molar-refractivity contribution in [2.24, 2.45) is 0 Å². The van der Waals surface area contributed by atoms with Gasteiger partial charge in [0.1, 0.15) is 5.65 Å². The van der Waals surface area contributed by atoms with Crippen molar-refractivity contribution in [1.29, 1.82) is 0 Å². The van der Waals surface area contributed by atoms with Crippen molar-refractivity contribution in [3.8, 4) is 0 Å². The summed E-state index contributed by atoms with van der Waals surface area (Å²) in [5.41, 5.74) is 4.07. The number of nitrogens with one attached hydrogen (secondary N) is 1. The highest BCUT2D eigenvalue weighted by atomic mass is 32.2. The molecule has 4 rings (SSSR count). The molecule has 25 heavy (non-hydrogen) atoms. The Kier molecular flexibility index (Phi) is 3.94. The van der Waals surface area contributed by atoms with Gasteiger partial charge in [0.05, 0.1) is 4.90 Å². The second kappa shape index (κ2) is 6.13. The minimum absolute atomic E-state index is 0.362. The molecule has 5 nitrogen and oxygen atoms in total. The summed E-state index contributed by atoms with van der Waals surface area (Å²) < 4.78 is 27.2. The zero-order chi connectivity index (χ0) is 17.4. The monoisotopic (exact) mass is 353 g/mol. The maximum Gasteiger partial charge on any atom is 0.243 e. The van der Waals surface area contributed by atoms with Crippen LogP contribution in [0.15, 0.2) is 59.8 Å². The average Bonchev–Trinajstić information content (AvgIpc) is 3.06. The highest BCUT2D eigenvalue weighted by Gasteiger charge is 2.26. The fourth-order valence-corrected chi connectivity index (χ4v) is 4.75. The van der Waals surface area contributed by atoms with Gasteiger partial charge in [0.25, 0.3) is 0 Å². The average molecular weight is 353 g/mol. The molecule has 0 bridgehead atoms. The van der Waals surface area contributed by atoms with E-state index in [0.717, 1.165) is 27.7 Å². The van der Waals surface area contributed by atoms with Crippen LogP contribution in [0.25, 0.3) is 16.6 Å². The molecule has 1 aliphatic heterocycles. The number of hydrogen-bond donors (Lipinski definition) is 1. The second-order valence-corrected chi connectivity index (χ2v) is 8.20. The van der Waals surface area contributed by atoms with E-state index in [1.807, 2.05) is 37.4 Å². The van der Waals surface area contributed by atoms with Crippen LogP contribution in [0.3, 0.4) is 0 Å². The Balaban J connectivity index is 1.62. The molecule has 1 aliphatic rings. The third-order valence-corrected chi connectivity index (χ3v) is 6.46. The molecule has 3 heterocycles. The van der Waals surface area contributed by atoms with Crippen molar-refractivity contribution in [3.05, 3.63) is 66.0 Å². The predicted octanol–water partition coefficient (Wildman–Crippen LogP) is 3.35. The SMILES string of the molecule is Cc1cccc(S(=O)(=O)N2CC=C(c3c[nH]c4ncccc34)CC2)c1. The lowest BCUT2D eigenvalue weighted by Crippen LogP contribution is -2.34. The largest absolute Gasteiger partial charge is 0.346 e. The zero-order valence-electron chi connectivity index (χ0n) is 13.9. The van der Waals surface area contributed by atoms with E-state index in [9.17, 15) is 8.42 Å². The molecule has 0 amide bonds. The Morgan fingerprint density at radius 1 is 1.20 bits per heavy atom. The Morgan fingerprint density at radius 3 is 2.84 bits per heavy atom. The number of nitrogens with zero attached hydrogens (tertiary/aromatic N) is 2. The van der Waals surface area contributed by atoms with E-state index in [2.05, 4.69) is 9.97 Å². The fourth-order valence-electron chi connectivity index (χ4n) is 3.26. The Labute approximate surface area is 147 Å². The highest BCUT2D eigenvalue weighted by molar-refractivity contribution is 7.89. The van der Waals surface area contributed by atoms with Crippen LogP contribution < -0.4 is 0 Å². The minimum atomic E-state index is -3.45. The Bertz CT molecular complexity index is 1070. The molecule has 0 fully saturated rings. The number of pyridine rings is 1. The molecule has 1 N–H and O–H groups in total. The van der Waals surface area contributed by atoms with Gasteiger partial charge in [0, 0.05) is 36.4 Å². The molecule has 128 valence electrons. The number of hydrogen-bond acceptors (Lipinski definition) is 3. The molecule has 0 atom stereocenters. The first-order chi connectivity index (χ1) is 12.1. The standard InChI is InChI=1S/C19H19N3O2S/c1-14-4-2-5-16(12-14)25(23,24)22-10-7-15(8-11-22)18-13-21-19-17(18)6-3-9-20-19/h2-7,9,12-13H,8,10-11H2,1H3,(H,20,21). The summed E-state index contributed by atoms with van der Waals surface area (Å²) in [6.45, 7) is 2.77. The lowest BCUT2D eigenvalue weighted by molar-refractivity contribution is 0.441. The first-order valence-electron chi connectivity index (χ1n) is 8.24. The summed E-state index contributed by atoms with van der Waals surface area (Å²) in [5, 5.41) is 1.07. The molecule has 0 spiro atoms. The molecule has 0 saturated heterocycles. The van der Waals surface area contributed by atoms with E-state index in [4.69, 9.17) is 0 Å². The number of fused-ring (bicyclic) bond motifs is 1. The number of benzene rings is 1. The van der Waals surface area contributed by atoms with Crippen molar-refractivity contribution in [2.45, 2.75) is 18.2 Å². The summed E-state index contributed by atoms with van der Waals surface area (Å²) in [5.74, 6) is 0. The first kappa shape index (κ1) is 16.1. The molecule has 0 unspecified atom stereocenters. The van der Waals surface area contributed by atoms with E-state index in [1.165, 1.54) is 0 Å². The maximum absolute atomic E-state index is 12.8. The van der Waals surface area contributed by atoms with Crippen LogP contribution in [0.4, 0.5) is 0 Å². The third kappa shape index (κ3) is 2.88. The normalized spacial score (nSPS) is 16.1. The van der Waals surface area contributed by atoms with Crippen molar-refractivity contribution in [1.82, 2.24) is 14.3 Å². The van der Waals surface area contributed by atoms with E-state index in [0.29, 0.717) is 24.4 Å². The number of aromatic amines is 1. The molecule has 0 saturated carbocycles. The topological polar surface area (TPSA) is 66.1 Å².